The van der Waals surface area contributed by atoms with Crippen molar-refractivity contribution < 1.29 is 28.1 Å². The lowest BCUT2D eigenvalue weighted by molar-refractivity contribution is -0.0288. The Bertz CT molecular complexity index is 1490. The van der Waals surface area contributed by atoms with Gasteiger partial charge in [-0.1, -0.05) is 81.4 Å². The van der Waals surface area contributed by atoms with Crippen LogP contribution in [-0.4, -0.2) is 63.1 Å². The van der Waals surface area contributed by atoms with E-state index in [0.717, 1.165) is 27.7 Å². The van der Waals surface area contributed by atoms with Crippen LogP contribution in [0.2, 0.25) is 0 Å². The van der Waals surface area contributed by atoms with E-state index >= 15 is 0 Å². The molecule has 0 spiro atoms. The van der Waals surface area contributed by atoms with Gasteiger partial charge in [-0.25, -0.2) is 0 Å². The molecule has 0 unspecified atom stereocenters. The number of anilines is 1. The molecule has 9 heteroatoms. The van der Waals surface area contributed by atoms with E-state index in [2.05, 4.69) is 154 Å². The van der Waals surface area contributed by atoms with Gasteiger partial charge in [0.05, 0.1) is 34.5 Å². The number of hydrogen-bond acceptors (Lipinski definition) is 7. The van der Waals surface area contributed by atoms with Crippen LogP contribution in [0.15, 0.2) is 72.8 Å². The first-order valence-electron chi connectivity index (χ1n) is 17.7. The summed E-state index contributed by atoms with van der Waals surface area (Å²) in [6, 6.07) is 25.9. The van der Waals surface area contributed by atoms with E-state index in [1.165, 1.54) is 5.56 Å². The Morgan fingerprint density at radius 1 is 0.531 bits per heavy atom. The van der Waals surface area contributed by atoms with Crippen molar-refractivity contribution in [3.05, 3.63) is 89.5 Å². The van der Waals surface area contributed by atoms with E-state index in [-0.39, 0.29) is 29.7 Å². The second-order valence-electron chi connectivity index (χ2n) is 17.0. The number of methoxy groups -OCH3 is 2. The van der Waals surface area contributed by atoms with Crippen molar-refractivity contribution in [2.45, 2.75) is 128 Å². The highest BCUT2D eigenvalue weighted by Gasteiger charge is 2.54. The molecule has 3 aromatic rings. The third-order valence-electron chi connectivity index (χ3n) is 11.7. The molecule has 0 radical (unpaired) electrons. The van der Waals surface area contributed by atoms with Crippen LogP contribution in [0.1, 0.15) is 105 Å². The van der Waals surface area contributed by atoms with Gasteiger partial charge >= 0.3 is 14.2 Å². The molecule has 3 heterocycles. The molecule has 3 aliphatic heterocycles. The molecular weight excluding hydrogens is 612 g/mol. The summed E-state index contributed by atoms with van der Waals surface area (Å²) in [4.78, 5) is 2.47. The Hall–Kier alpha value is -2.65. The van der Waals surface area contributed by atoms with Crippen LogP contribution in [-0.2, 0) is 33.5 Å². The van der Waals surface area contributed by atoms with Crippen LogP contribution < -0.4 is 15.8 Å². The van der Waals surface area contributed by atoms with E-state index < -0.39 is 36.6 Å². The van der Waals surface area contributed by atoms with Gasteiger partial charge in [0, 0.05) is 19.9 Å². The quantitative estimate of drug-likeness (QED) is 0.254. The number of benzene rings is 3. The van der Waals surface area contributed by atoms with Gasteiger partial charge in [-0.2, -0.15) is 0 Å². The fourth-order valence-electron chi connectivity index (χ4n) is 7.19. The van der Waals surface area contributed by atoms with E-state index in [9.17, 15) is 0 Å². The lowest BCUT2D eigenvalue weighted by Gasteiger charge is -2.34. The lowest BCUT2D eigenvalue weighted by Crippen LogP contribution is -2.41. The van der Waals surface area contributed by atoms with Crippen molar-refractivity contribution in [1.82, 2.24) is 0 Å². The van der Waals surface area contributed by atoms with Crippen LogP contribution in [0.3, 0.4) is 0 Å². The molecule has 0 aliphatic carbocycles. The molecule has 7 nitrogen and oxygen atoms in total. The van der Waals surface area contributed by atoms with Crippen molar-refractivity contribution >= 4 is 30.8 Å². The minimum Gasteiger partial charge on any atom is -0.399 e. The first-order chi connectivity index (χ1) is 22.8. The summed E-state index contributed by atoms with van der Waals surface area (Å²) in [5.74, 6) is 0. The maximum Gasteiger partial charge on any atom is 0.494 e. The predicted molar refractivity (Wildman–Crippen MR) is 199 cm³/mol. The van der Waals surface area contributed by atoms with Crippen molar-refractivity contribution in [3.8, 4) is 0 Å². The highest BCUT2D eigenvalue weighted by molar-refractivity contribution is 6.62. The van der Waals surface area contributed by atoms with Crippen LogP contribution in [0, 0.1) is 0 Å². The third-order valence-corrected chi connectivity index (χ3v) is 11.7. The van der Waals surface area contributed by atoms with E-state index in [4.69, 9.17) is 28.1 Å². The summed E-state index contributed by atoms with van der Waals surface area (Å²) in [7, 11) is 2.72. The van der Waals surface area contributed by atoms with Crippen molar-refractivity contribution in [3.63, 3.8) is 0 Å². The average molecular weight is 668 g/mol. The Labute approximate surface area is 295 Å². The lowest BCUT2D eigenvalue weighted by atomic mass is 9.78. The molecule has 3 fully saturated rings. The van der Waals surface area contributed by atoms with Crippen molar-refractivity contribution in [2.75, 3.05) is 19.1 Å². The van der Waals surface area contributed by atoms with Crippen molar-refractivity contribution in [1.29, 1.82) is 0 Å². The maximum absolute atomic E-state index is 6.37. The summed E-state index contributed by atoms with van der Waals surface area (Å²) in [5.41, 5.74) is 5.05. The van der Waals surface area contributed by atoms with Gasteiger partial charge in [0.1, 0.15) is 12.2 Å². The average Bonchev–Trinajstić information content (AvgIpc) is 3.57. The molecule has 0 bridgehead atoms. The standard InChI is InChI=1S/C40H55B2NO6/c1-36(2,3)28-18-24-31(25-19-28)43-32(26-14-20-29(21-15-26)41-46-37(4,5)38(6,7)47-41)34(44-12)35(45-13)33(43)27-16-22-30(23-17-27)42-48-39(8,9)40(10,11)49-42/h14-25,32-35H,1-13H3/t32-,33-,34+,35+/m1/s1. The van der Waals surface area contributed by atoms with Gasteiger partial charge in [0.25, 0.3) is 0 Å². The largest absolute Gasteiger partial charge is 0.494 e. The Morgan fingerprint density at radius 2 is 0.857 bits per heavy atom. The van der Waals surface area contributed by atoms with Crippen LogP contribution in [0.5, 0.6) is 0 Å². The van der Waals surface area contributed by atoms with E-state index in [1.54, 1.807) is 14.2 Å². The molecule has 0 aromatic heterocycles. The Balaban J connectivity index is 1.39. The molecule has 4 atom stereocenters. The highest BCUT2D eigenvalue weighted by atomic mass is 16.7. The Kier molecular flexibility index (Phi) is 9.25. The van der Waals surface area contributed by atoms with Gasteiger partial charge < -0.3 is 33.0 Å². The topological polar surface area (TPSA) is 58.6 Å². The monoisotopic (exact) mass is 667 g/mol. The second-order valence-corrected chi connectivity index (χ2v) is 17.0. The summed E-state index contributed by atoms with van der Waals surface area (Å²) < 4.78 is 38.2. The summed E-state index contributed by atoms with van der Waals surface area (Å²) in [6.07, 6.45) is -0.495. The normalized spacial score (nSPS) is 27.2. The molecular formula is C40H55B2NO6. The fraction of sp³-hybridized carbons (Fsp3) is 0.550. The first-order valence-corrected chi connectivity index (χ1v) is 17.7. The number of rotatable bonds is 7. The molecule has 6 rings (SSSR count). The van der Waals surface area contributed by atoms with Gasteiger partial charge in [-0.3, -0.25) is 0 Å². The first kappa shape index (κ1) is 36.2. The van der Waals surface area contributed by atoms with E-state index in [0.29, 0.717) is 0 Å². The zero-order chi connectivity index (χ0) is 35.7. The SMILES string of the molecule is CO[C@@H]1[C@@H](OC)[C@@H](c2ccc(B3OC(C)(C)C(C)(C)O3)cc2)N(c2ccc(C(C)(C)C)cc2)[C@@H]1c1ccc(B2OC(C)(C)C(C)(C)O2)cc1. The maximum atomic E-state index is 6.37. The minimum atomic E-state index is -0.427. The molecule has 49 heavy (non-hydrogen) atoms. The molecule has 0 amide bonds. The zero-order valence-corrected chi connectivity index (χ0v) is 31.8. The summed E-state index contributed by atoms with van der Waals surface area (Å²) >= 11 is 0. The van der Waals surface area contributed by atoms with E-state index in [1.807, 2.05) is 0 Å². The molecule has 3 aliphatic rings. The van der Waals surface area contributed by atoms with Gasteiger partial charge in [-0.05, 0) is 101 Å². The Morgan fingerprint density at radius 3 is 1.14 bits per heavy atom. The predicted octanol–water partition coefficient (Wildman–Crippen LogP) is 6.92. The third kappa shape index (κ3) is 6.40. The van der Waals surface area contributed by atoms with Crippen LogP contribution in [0.4, 0.5) is 5.69 Å². The smallest absolute Gasteiger partial charge is 0.399 e. The zero-order valence-electron chi connectivity index (χ0n) is 31.8. The van der Waals surface area contributed by atoms with Crippen molar-refractivity contribution in [2.24, 2.45) is 0 Å². The summed E-state index contributed by atoms with van der Waals surface area (Å²) in [6.45, 7) is 23.4. The number of ether oxygens (including phenoxy) is 2. The number of nitrogens with zero attached hydrogens (tertiary/aromatic N) is 1. The van der Waals surface area contributed by atoms with Crippen LogP contribution in [0.25, 0.3) is 0 Å². The minimum absolute atomic E-state index is 0.0408. The summed E-state index contributed by atoms with van der Waals surface area (Å²) in [5, 5.41) is 0. The number of hydrogen-bond donors (Lipinski definition) is 0. The molecule has 3 saturated heterocycles. The second kappa shape index (κ2) is 12.5. The van der Waals surface area contributed by atoms with Crippen LogP contribution >= 0.6 is 0 Å². The molecule has 0 saturated carbocycles. The van der Waals surface area contributed by atoms with Gasteiger partial charge in [-0.15, -0.1) is 0 Å². The highest BCUT2D eigenvalue weighted by Crippen LogP contribution is 2.50. The molecule has 0 N–H and O–H groups in total. The van der Waals surface area contributed by atoms with Gasteiger partial charge in [0.15, 0.2) is 0 Å². The molecule has 3 aromatic carbocycles. The van der Waals surface area contributed by atoms with Gasteiger partial charge in [0.2, 0.25) is 0 Å². The fourth-order valence-corrected chi connectivity index (χ4v) is 7.19. The molecule has 262 valence electrons.